The molecule has 144 valence electrons. The Morgan fingerprint density at radius 3 is 2.52 bits per heavy atom. The van der Waals surface area contributed by atoms with Crippen molar-refractivity contribution in [1.82, 2.24) is 13.9 Å². The molecule has 0 atom stereocenters. The van der Waals surface area contributed by atoms with E-state index in [1.807, 2.05) is 20.0 Å². The van der Waals surface area contributed by atoms with Gasteiger partial charge in [0, 0.05) is 29.7 Å². The second-order valence-electron chi connectivity index (χ2n) is 6.76. The third-order valence-corrected chi connectivity index (χ3v) is 6.61. The Bertz CT molecular complexity index is 1050. The van der Waals surface area contributed by atoms with Gasteiger partial charge in [-0.05, 0) is 51.2 Å². The van der Waals surface area contributed by atoms with Gasteiger partial charge in [-0.15, -0.1) is 0 Å². The van der Waals surface area contributed by atoms with Gasteiger partial charge in [0.1, 0.15) is 5.15 Å². The molecular formula is C20H24ClN3O2S. The van der Waals surface area contributed by atoms with Crippen LogP contribution in [-0.2, 0) is 16.4 Å². The van der Waals surface area contributed by atoms with Gasteiger partial charge in [0.05, 0.1) is 10.4 Å². The van der Waals surface area contributed by atoms with E-state index in [-0.39, 0.29) is 4.90 Å². The number of hydrogen-bond donors (Lipinski definition) is 0. The Balaban J connectivity index is 2.17. The quantitative estimate of drug-likeness (QED) is 0.555. The van der Waals surface area contributed by atoms with Gasteiger partial charge in [-0.3, -0.25) is 0 Å². The van der Waals surface area contributed by atoms with Gasteiger partial charge in [-0.2, -0.15) is 0 Å². The summed E-state index contributed by atoms with van der Waals surface area (Å²) in [5.41, 5.74) is 1.97. The molecule has 0 fully saturated rings. The van der Waals surface area contributed by atoms with Crippen molar-refractivity contribution < 1.29 is 8.42 Å². The molecule has 3 aromatic rings. The number of nitrogens with zero attached hydrogens (tertiary/aromatic N) is 3. The number of likely N-dealkylation sites (N-methyl/N-ethyl adjacent to an activating group) is 1. The van der Waals surface area contributed by atoms with Crippen molar-refractivity contribution in [3.8, 4) is 0 Å². The molecule has 0 spiro atoms. The molecule has 0 saturated heterocycles. The Morgan fingerprint density at radius 2 is 1.85 bits per heavy atom. The zero-order valence-corrected chi connectivity index (χ0v) is 17.4. The molecule has 0 aliphatic rings. The van der Waals surface area contributed by atoms with E-state index in [1.54, 1.807) is 36.4 Å². The molecule has 0 aliphatic carbocycles. The SMILES string of the molecule is CCCN(C)CCc1cc2c(Cl)nc(C)cc2n1S(=O)(=O)c1ccccc1. The Hall–Kier alpha value is -1.89. The van der Waals surface area contributed by atoms with Gasteiger partial charge in [-0.25, -0.2) is 17.4 Å². The number of fused-ring (bicyclic) bond motifs is 1. The maximum Gasteiger partial charge on any atom is 0.268 e. The highest BCUT2D eigenvalue weighted by atomic mass is 35.5. The second-order valence-corrected chi connectivity index (χ2v) is 8.90. The molecule has 0 aliphatic heterocycles. The lowest BCUT2D eigenvalue weighted by molar-refractivity contribution is 0.338. The van der Waals surface area contributed by atoms with Crippen LogP contribution in [-0.4, -0.2) is 42.4 Å². The predicted octanol–water partition coefficient (Wildman–Crippen LogP) is 4.12. The summed E-state index contributed by atoms with van der Waals surface area (Å²) in [6.07, 6.45) is 1.66. The van der Waals surface area contributed by atoms with E-state index in [0.717, 1.165) is 19.5 Å². The Kier molecular flexibility index (Phi) is 5.89. The van der Waals surface area contributed by atoms with Gasteiger partial charge in [0.15, 0.2) is 0 Å². The molecule has 0 N–H and O–H groups in total. The fourth-order valence-corrected chi connectivity index (χ4v) is 5.12. The Morgan fingerprint density at radius 1 is 1.15 bits per heavy atom. The topological polar surface area (TPSA) is 55.2 Å². The van der Waals surface area contributed by atoms with Crippen LogP contribution in [0.3, 0.4) is 0 Å². The smallest absolute Gasteiger partial charge is 0.268 e. The number of hydrogen-bond acceptors (Lipinski definition) is 4. The average Bonchev–Trinajstić information content (AvgIpc) is 3.00. The van der Waals surface area contributed by atoms with E-state index in [0.29, 0.717) is 33.9 Å². The lowest BCUT2D eigenvalue weighted by Crippen LogP contribution is -2.24. The van der Waals surface area contributed by atoms with Gasteiger partial charge in [0.25, 0.3) is 10.0 Å². The Labute approximate surface area is 165 Å². The first kappa shape index (κ1) is 19.9. The summed E-state index contributed by atoms with van der Waals surface area (Å²) in [6, 6.07) is 12.1. The maximum atomic E-state index is 13.4. The van der Waals surface area contributed by atoms with E-state index in [4.69, 9.17) is 11.6 Å². The minimum atomic E-state index is -3.73. The first-order chi connectivity index (χ1) is 12.8. The van der Waals surface area contributed by atoms with Crippen molar-refractivity contribution in [3.63, 3.8) is 0 Å². The van der Waals surface area contributed by atoms with E-state index >= 15 is 0 Å². The van der Waals surface area contributed by atoms with Crippen molar-refractivity contribution in [3.05, 3.63) is 59.0 Å². The van der Waals surface area contributed by atoms with Crippen LogP contribution in [0.4, 0.5) is 0 Å². The highest BCUT2D eigenvalue weighted by Crippen LogP contribution is 2.30. The van der Waals surface area contributed by atoms with E-state index in [1.165, 1.54) is 3.97 Å². The molecule has 0 bridgehead atoms. The monoisotopic (exact) mass is 405 g/mol. The van der Waals surface area contributed by atoms with E-state index in [2.05, 4.69) is 16.8 Å². The summed E-state index contributed by atoms with van der Waals surface area (Å²) in [6.45, 7) is 5.67. The van der Waals surface area contributed by atoms with Crippen molar-refractivity contribution in [2.75, 3.05) is 20.1 Å². The average molecular weight is 406 g/mol. The molecule has 0 radical (unpaired) electrons. The summed E-state index contributed by atoms with van der Waals surface area (Å²) in [5, 5.41) is 0.991. The molecule has 0 unspecified atom stereocenters. The molecule has 7 heteroatoms. The first-order valence-corrected chi connectivity index (χ1v) is 10.8. The minimum Gasteiger partial charge on any atom is -0.306 e. The van der Waals surface area contributed by atoms with E-state index in [9.17, 15) is 8.42 Å². The third-order valence-electron chi connectivity index (χ3n) is 4.55. The molecule has 0 saturated carbocycles. The normalized spacial score (nSPS) is 12.2. The van der Waals surface area contributed by atoms with Crippen molar-refractivity contribution in [2.45, 2.75) is 31.6 Å². The summed E-state index contributed by atoms with van der Waals surface area (Å²) in [5.74, 6) is 0. The lowest BCUT2D eigenvalue weighted by atomic mass is 10.2. The molecule has 3 rings (SSSR count). The molecule has 5 nitrogen and oxygen atoms in total. The first-order valence-electron chi connectivity index (χ1n) is 9.01. The van der Waals surface area contributed by atoms with Gasteiger partial charge >= 0.3 is 0 Å². The zero-order valence-electron chi connectivity index (χ0n) is 15.8. The summed E-state index contributed by atoms with van der Waals surface area (Å²) in [4.78, 5) is 6.74. The zero-order chi connectivity index (χ0) is 19.6. The van der Waals surface area contributed by atoms with Crippen molar-refractivity contribution in [1.29, 1.82) is 0 Å². The van der Waals surface area contributed by atoms with Crippen LogP contribution in [0, 0.1) is 6.92 Å². The number of benzene rings is 1. The summed E-state index contributed by atoms with van der Waals surface area (Å²) < 4.78 is 28.2. The second kappa shape index (κ2) is 8.00. The van der Waals surface area contributed by atoms with Crippen LogP contribution >= 0.6 is 11.6 Å². The van der Waals surface area contributed by atoms with Crippen molar-refractivity contribution in [2.24, 2.45) is 0 Å². The van der Waals surface area contributed by atoms with Gasteiger partial charge in [-0.1, -0.05) is 36.7 Å². The molecule has 27 heavy (non-hydrogen) atoms. The number of aryl methyl sites for hydroxylation is 1. The molecule has 2 aromatic heterocycles. The summed E-state index contributed by atoms with van der Waals surface area (Å²) in [7, 11) is -1.69. The molecular weight excluding hydrogens is 382 g/mol. The van der Waals surface area contributed by atoms with Gasteiger partial charge in [0.2, 0.25) is 0 Å². The van der Waals surface area contributed by atoms with Gasteiger partial charge < -0.3 is 4.90 Å². The van der Waals surface area contributed by atoms with Crippen LogP contribution < -0.4 is 0 Å². The van der Waals surface area contributed by atoms with Crippen LogP contribution in [0.15, 0.2) is 47.4 Å². The highest BCUT2D eigenvalue weighted by Gasteiger charge is 2.24. The van der Waals surface area contributed by atoms with Crippen LogP contribution in [0.2, 0.25) is 5.15 Å². The molecule has 2 heterocycles. The highest BCUT2D eigenvalue weighted by molar-refractivity contribution is 7.90. The van der Waals surface area contributed by atoms with Crippen LogP contribution in [0.1, 0.15) is 24.7 Å². The number of rotatable bonds is 7. The lowest BCUT2D eigenvalue weighted by Gasteiger charge is -2.17. The molecule has 1 aromatic carbocycles. The van der Waals surface area contributed by atoms with Crippen molar-refractivity contribution >= 4 is 32.5 Å². The fourth-order valence-electron chi connectivity index (χ4n) is 3.26. The molecule has 0 amide bonds. The predicted molar refractivity (Wildman–Crippen MR) is 110 cm³/mol. The minimum absolute atomic E-state index is 0.260. The fraction of sp³-hybridized carbons (Fsp3) is 0.350. The third kappa shape index (κ3) is 4.03. The maximum absolute atomic E-state index is 13.4. The summed E-state index contributed by atoms with van der Waals surface area (Å²) >= 11 is 6.33. The van der Waals surface area contributed by atoms with Crippen LogP contribution in [0.5, 0.6) is 0 Å². The largest absolute Gasteiger partial charge is 0.306 e. The standard InChI is InChI=1S/C20H24ClN3O2S/c1-4-11-23(3)12-10-16-14-18-19(13-15(2)22-20(18)21)24(16)27(25,26)17-8-6-5-7-9-17/h5-9,13-14H,4,10-12H2,1-3H3. The van der Waals surface area contributed by atoms with Crippen LogP contribution in [0.25, 0.3) is 10.9 Å². The van der Waals surface area contributed by atoms with E-state index < -0.39 is 10.0 Å². The number of pyridine rings is 1. The number of halogens is 1. The number of aromatic nitrogens is 2.